The van der Waals surface area contributed by atoms with E-state index in [4.69, 9.17) is 23.2 Å². The van der Waals surface area contributed by atoms with Gasteiger partial charge >= 0.3 is 0 Å². The molecule has 4 nitrogen and oxygen atoms in total. The van der Waals surface area contributed by atoms with Gasteiger partial charge in [0.15, 0.2) is 0 Å². The molecule has 0 radical (unpaired) electrons. The minimum Gasteiger partial charge on any atom is -0.355 e. The van der Waals surface area contributed by atoms with Crippen molar-refractivity contribution in [3.63, 3.8) is 0 Å². The van der Waals surface area contributed by atoms with Crippen LogP contribution in [0.1, 0.15) is 15.9 Å². The highest BCUT2D eigenvalue weighted by Crippen LogP contribution is 2.21. The van der Waals surface area contributed by atoms with Crippen molar-refractivity contribution in [3.8, 4) is 0 Å². The largest absolute Gasteiger partial charge is 0.355 e. The molecule has 1 aromatic carbocycles. The molecule has 0 aliphatic heterocycles. The normalized spacial score (nSPS) is 10.3. The molecule has 1 aromatic heterocycles. The Bertz CT molecular complexity index is 711. The first kappa shape index (κ1) is 14.6. The van der Waals surface area contributed by atoms with Crippen LogP contribution in [0.15, 0.2) is 41.3 Å². The first-order chi connectivity index (χ1) is 9.52. The molecule has 0 saturated heterocycles. The van der Waals surface area contributed by atoms with E-state index >= 15 is 0 Å². The number of hydrogen-bond acceptors (Lipinski definition) is 2. The van der Waals surface area contributed by atoms with Gasteiger partial charge in [0.05, 0.1) is 6.54 Å². The number of rotatable bonds is 3. The number of carbonyl (C=O) groups excluding carboxylic acids is 1. The van der Waals surface area contributed by atoms with E-state index in [1.165, 1.54) is 17.7 Å². The number of benzene rings is 1. The first-order valence-corrected chi connectivity index (χ1v) is 6.64. The Kier molecular flexibility index (Phi) is 4.47. The average Bonchev–Trinajstić information content (AvgIpc) is 2.43. The fraction of sp³-hybridized carbons (Fsp3) is 0.143. The Balaban J connectivity index is 2.39. The van der Waals surface area contributed by atoms with Gasteiger partial charge in [-0.3, -0.25) is 9.59 Å². The standard InChI is InChI=1S/C14H12Cl2N2O2/c1-17-13(19)11-3-2-6-18(14(11)20)8-9-4-5-10(15)7-12(9)16/h2-7H,8H2,1H3,(H,17,19). The number of halogens is 2. The third-order valence-electron chi connectivity index (χ3n) is 2.85. The van der Waals surface area contributed by atoms with E-state index in [0.717, 1.165) is 5.56 Å². The van der Waals surface area contributed by atoms with Gasteiger partial charge in [0.2, 0.25) is 0 Å². The van der Waals surface area contributed by atoms with Gasteiger partial charge in [0.25, 0.3) is 11.5 Å². The van der Waals surface area contributed by atoms with Crippen molar-refractivity contribution in [2.45, 2.75) is 6.54 Å². The summed E-state index contributed by atoms with van der Waals surface area (Å²) >= 11 is 11.9. The van der Waals surface area contributed by atoms with E-state index in [1.54, 1.807) is 30.5 Å². The van der Waals surface area contributed by atoms with Crippen molar-refractivity contribution in [2.75, 3.05) is 7.05 Å². The maximum Gasteiger partial charge on any atom is 0.263 e. The fourth-order valence-corrected chi connectivity index (χ4v) is 2.27. The summed E-state index contributed by atoms with van der Waals surface area (Å²) in [6.45, 7) is 0.277. The van der Waals surface area contributed by atoms with Gasteiger partial charge in [-0.05, 0) is 29.8 Å². The van der Waals surface area contributed by atoms with Gasteiger partial charge in [-0.2, -0.15) is 0 Å². The lowest BCUT2D eigenvalue weighted by Crippen LogP contribution is -2.31. The van der Waals surface area contributed by atoms with Crippen molar-refractivity contribution in [2.24, 2.45) is 0 Å². The summed E-state index contributed by atoms with van der Waals surface area (Å²) < 4.78 is 1.43. The lowest BCUT2D eigenvalue weighted by atomic mass is 10.2. The molecule has 6 heteroatoms. The zero-order valence-corrected chi connectivity index (χ0v) is 12.2. The van der Waals surface area contributed by atoms with Crippen LogP contribution in [0.2, 0.25) is 10.0 Å². The number of aromatic nitrogens is 1. The Morgan fingerprint density at radius 2 is 2.05 bits per heavy atom. The zero-order valence-electron chi connectivity index (χ0n) is 10.7. The lowest BCUT2D eigenvalue weighted by Gasteiger charge is -2.09. The van der Waals surface area contributed by atoms with Crippen LogP contribution in [0.5, 0.6) is 0 Å². The van der Waals surface area contributed by atoms with Crippen molar-refractivity contribution < 1.29 is 4.79 Å². The third-order valence-corrected chi connectivity index (χ3v) is 3.43. The van der Waals surface area contributed by atoms with Crippen LogP contribution < -0.4 is 10.9 Å². The predicted octanol–water partition coefficient (Wildman–Crippen LogP) is 2.56. The molecule has 1 N–H and O–H groups in total. The average molecular weight is 311 g/mol. The van der Waals surface area contributed by atoms with Crippen molar-refractivity contribution >= 4 is 29.1 Å². The Labute approximate surface area is 125 Å². The molecule has 2 aromatic rings. The Morgan fingerprint density at radius 3 is 2.70 bits per heavy atom. The fourth-order valence-electron chi connectivity index (χ4n) is 1.80. The molecule has 0 saturated carbocycles. The van der Waals surface area contributed by atoms with Gasteiger partial charge in [-0.1, -0.05) is 29.3 Å². The summed E-state index contributed by atoms with van der Waals surface area (Å²) in [5.41, 5.74) is 0.491. The number of carbonyl (C=O) groups is 1. The van der Waals surface area contributed by atoms with E-state index in [-0.39, 0.29) is 17.7 Å². The van der Waals surface area contributed by atoms with Gasteiger partial charge in [0.1, 0.15) is 5.56 Å². The number of amides is 1. The molecule has 1 heterocycles. The zero-order chi connectivity index (χ0) is 14.7. The van der Waals surface area contributed by atoms with Gasteiger partial charge < -0.3 is 9.88 Å². The van der Waals surface area contributed by atoms with E-state index in [9.17, 15) is 9.59 Å². The Hall–Kier alpha value is -1.78. The van der Waals surface area contributed by atoms with Crippen molar-refractivity contribution in [3.05, 3.63) is 68.1 Å². The molecule has 0 aliphatic carbocycles. The number of nitrogens with zero attached hydrogens (tertiary/aromatic N) is 1. The summed E-state index contributed by atoms with van der Waals surface area (Å²) in [7, 11) is 1.48. The van der Waals surface area contributed by atoms with Crippen LogP contribution in [0.4, 0.5) is 0 Å². The second-order valence-corrected chi connectivity index (χ2v) is 5.01. The minimum absolute atomic E-state index is 0.0973. The highest BCUT2D eigenvalue weighted by Gasteiger charge is 2.11. The second-order valence-electron chi connectivity index (χ2n) is 4.17. The summed E-state index contributed by atoms with van der Waals surface area (Å²) in [5, 5.41) is 3.45. The van der Waals surface area contributed by atoms with E-state index < -0.39 is 5.91 Å². The molecular weight excluding hydrogens is 299 g/mol. The van der Waals surface area contributed by atoms with Gasteiger partial charge in [0, 0.05) is 23.3 Å². The quantitative estimate of drug-likeness (QED) is 0.947. The van der Waals surface area contributed by atoms with E-state index in [2.05, 4.69) is 5.32 Å². The van der Waals surface area contributed by atoms with E-state index in [0.29, 0.717) is 10.0 Å². The highest BCUT2D eigenvalue weighted by atomic mass is 35.5. The predicted molar refractivity (Wildman–Crippen MR) is 79.7 cm³/mol. The molecule has 0 unspecified atom stereocenters. The molecule has 2 rings (SSSR count). The SMILES string of the molecule is CNC(=O)c1cccn(Cc2ccc(Cl)cc2Cl)c1=O. The second kappa shape index (κ2) is 6.11. The van der Waals surface area contributed by atoms with Gasteiger partial charge in [-0.15, -0.1) is 0 Å². The lowest BCUT2D eigenvalue weighted by molar-refractivity contribution is 0.0961. The molecule has 20 heavy (non-hydrogen) atoms. The van der Waals surface area contributed by atoms with E-state index in [1.807, 2.05) is 0 Å². The summed E-state index contributed by atoms with van der Waals surface area (Å²) in [6, 6.07) is 8.21. The third kappa shape index (κ3) is 3.03. The molecule has 0 bridgehead atoms. The maximum absolute atomic E-state index is 12.2. The Morgan fingerprint density at radius 1 is 1.30 bits per heavy atom. The number of pyridine rings is 1. The van der Waals surface area contributed by atoms with Crippen LogP contribution in [-0.2, 0) is 6.54 Å². The smallest absolute Gasteiger partial charge is 0.263 e. The summed E-state index contributed by atoms with van der Waals surface area (Å²) in [4.78, 5) is 23.8. The molecule has 0 atom stereocenters. The summed E-state index contributed by atoms with van der Waals surface area (Å²) in [5.74, 6) is -0.411. The monoisotopic (exact) mass is 310 g/mol. The molecular formula is C14H12Cl2N2O2. The maximum atomic E-state index is 12.2. The molecule has 0 fully saturated rings. The summed E-state index contributed by atoms with van der Waals surface area (Å²) in [6.07, 6.45) is 1.61. The topological polar surface area (TPSA) is 51.1 Å². The van der Waals surface area contributed by atoms with Crippen LogP contribution in [-0.4, -0.2) is 17.5 Å². The molecule has 0 spiro atoms. The van der Waals surface area contributed by atoms with Crippen LogP contribution in [0.3, 0.4) is 0 Å². The molecule has 1 amide bonds. The van der Waals surface area contributed by atoms with Crippen molar-refractivity contribution in [1.82, 2.24) is 9.88 Å². The first-order valence-electron chi connectivity index (χ1n) is 5.88. The van der Waals surface area contributed by atoms with Crippen LogP contribution in [0.25, 0.3) is 0 Å². The van der Waals surface area contributed by atoms with Crippen molar-refractivity contribution in [1.29, 1.82) is 0 Å². The molecule has 104 valence electrons. The van der Waals surface area contributed by atoms with Gasteiger partial charge in [-0.25, -0.2) is 0 Å². The minimum atomic E-state index is -0.411. The van der Waals surface area contributed by atoms with Crippen LogP contribution >= 0.6 is 23.2 Å². The number of hydrogen-bond donors (Lipinski definition) is 1. The number of nitrogens with one attached hydrogen (secondary N) is 1. The highest BCUT2D eigenvalue weighted by molar-refractivity contribution is 6.35. The molecule has 0 aliphatic rings. The van der Waals surface area contributed by atoms with Crippen LogP contribution in [0, 0.1) is 0 Å².